The van der Waals surface area contributed by atoms with E-state index in [-0.39, 0.29) is 0 Å². The van der Waals surface area contributed by atoms with E-state index in [1.807, 2.05) is 11.3 Å². The molecule has 1 heteroatoms. The molecular formula is C22H28S. The lowest BCUT2D eigenvalue weighted by Crippen LogP contribution is -1.90. The van der Waals surface area contributed by atoms with Crippen molar-refractivity contribution < 1.29 is 0 Å². The van der Waals surface area contributed by atoms with E-state index >= 15 is 0 Å². The van der Waals surface area contributed by atoms with Gasteiger partial charge in [0.2, 0.25) is 0 Å². The Labute approximate surface area is 144 Å². The van der Waals surface area contributed by atoms with Gasteiger partial charge in [-0.3, -0.25) is 0 Å². The molecular weight excluding hydrogens is 296 g/mol. The van der Waals surface area contributed by atoms with Gasteiger partial charge in [-0.1, -0.05) is 57.4 Å². The van der Waals surface area contributed by atoms with Crippen molar-refractivity contribution >= 4 is 31.5 Å². The van der Waals surface area contributed by atoms with Crippen LogP contribution in [0.3, 0.4) is 0 Å². The van der Waals surface area contributed by atoms with E-state index in [1.54, 1.807) is 5.56 Å². The lowest BCUT2D eigenvalue weighted by Gasteiger charge is -2.07. The molecule has 23 heavy (non-hydrogen) atoms. The molecule has 3 aromatic rings. The highest BCUT2D eigenvalue weighted by Crippen LogP contribution is 2.39. The number of unbranched alkanes of at least 4 members (excludes halogenated alkanes) is 3. The van der Waals surface area contributed by atoms with Crippen molar-refractivity contribution in [1.29, 1.82) is 0 Å². The molecule has 122 valence electrons. The predicted molar refractivity (Wildman–Crippen MR) is 106 cm³/mol. The zero-order valence-electron chi connectivity index (χ0n) is 15.0. The van der Waals surface area contributed by atoms with E-state index < -0.39 is 0 Å². The van der Waals surface area contributed by atoms with Gasteiger partial charge in [0, 0.05) is 20.2 Å². The number of fused-ring (bicyclic) bond motifs is 3. The van der Waals surface area contributed by atoms with Crippen LogP contribution in [0.4, 0.5) is 0 Å². The van der Waals surface area contributed by atoms with Crippen molar-refractivity contribution in [3.8, 4) is 0 Å². The highest BCUT2D eigenvalue weighted by molar-refractivity contribution is 7.26. The van der Waals surface area contributed by atoms with Gasteiger partial charge < -0.3 is 0 Å². The maximum atomic E-state index is 2.37. The molecule has 2 aromatic carbocycles. The molecule has 0 N–H and O–H groups in total. The fourth-order valence-corrected chi connectivity index (χ4v) is 5.00. The summed E-state index contributed by atoms with van der Waals surface area (Å²) in [4.78, 5) is 0. The van der Waals surface area contributed by atoms with Crippen molar-refractivity contribution in [2.75, 3.05) is 0 Å². The third kappa shape index (κ3) is 3.04. The Balaban J connectivity index is 2.03. The fourth-order valence-electron chi connectivity index (χ4n) is 3.65. The van der Waals surface area contributed by atoms with Gasteiger partial charge in [-0.15, -0.1) is 11.3 Å². The van der Waals surface area contributed by atoms with Gasteiger partial charge in [0.1, 0.15) is 0 Å². The summed E-state index contributed by atoms with van der Waals surface area (Å²) in [6, 6.07) is 9.39. The van der Waals surface area contributed by atoms with E-state index in [9.17, 15) is 0 Å². The van der Waals surface area contributed by atoms with Crippen molar-refractivity contribution in [3.05, 3.63) is 46.5 Å². The molecule has 0 nitrogen and oxygen atoms in total. The number of aryl methyl sites for hydroxylation is 4. The fraction of sp³-hybridized carbons (Fsp3) is 0.455. The van der Waals surface area contributed by atoms with Gasteiger partial charge in [0.25, 0.3) is 0 Å². The van der Waals surface area contributed by atoms with Crippen LogP contribution in [-0.4, -0.2) is 0 Å². The Morgan fingerprint density at radius 1 is 0.739 bits per heavy atom. The van der Waals surface area contributed by atoms with Gasteiger partial charge in [0.15, 0.2) is 0 Å². The van der Waals surface area contributed by atoms with Crippen LogP contribution < -0.4 is 0 Å². The van der Waals surface area contributed by atoms with Crippen molar-refractivity contribution in [2.24, 2.45) is 0 Å². The predicted octanol–water partition coefficient (Wildman–Crippen LogP) is 7.36. The molecule has 0 fully saturated rings. The van der Waals surface area contributed by atoms with E-state index in [0.29, 0.717) is 0 Å². The first kappa shape index (κ1) is 16.5. The first-order chi connectivity index (χ1) is 11.2. The Hall–Kier alpha value is -1.34. The van der Waals surface area contributed by atoms with Crippen LogP contribution in [0.1, 0.15) is 61.8 Å². The molecule has 0 unspecified atom stereocenters. The number of thiophene rings is 1. The minimum Gasteiger partial charge on any atom is -0.135 e. The lowest BCUT2D eigenvalue weighted by molar-refractivity contribution is 0.666. The Kier molecular flexibility index (Phi) is 5.06. The quantitative estimate of drug-likeness (QED) is 0.416. The largest absolute Gasteiger partial charge is 0.135 e. The third-order valence-corrected chi connectivity index (χ3v) is 6.67. The molecule has 0 aliphatic carbocycles. The molecule has 0 aliphatic rings. The maximum Gasteiger partial charge on any atom is 0.0387 e. The molecule has 0 atom stereocenters. The topological polar surface area (TPSA) is 0 Å². The summed E-state index contributed by atoms with van der Waals surface area (Å²) in [7, 11) is 0. The molecule has 0 aliphatic heterocycles. The highest BCUT2D eigenvalue weighted by Gasteiger charge is 2.12. The van der Waals surface area contributed by atoms with Crippen LogP contribution in [0, 0.1) is 13.8 Å². The van der Waals surface area contributed by atoms with E-state index in [1.165, 1.54) is 69.0 Å². The van der Waals surface area contributed by atoms with E-state index in [0.717, 1.165) is 6.42 Å². The minimum atomic E-state index is 1.12. The summed E-state index contributed by atoms with van der Waals surface area (Å²) in [5, 5.41) is 2.89. The van der Waals surface area contributed by atoms with Gasteiger partial charge in [-0.25, -0.2) is 0 Å². The van der Waals surface area contributed by atoms with Crippen LogP contribution in [0.15, 0.2) is 24.3 Å². The van der Waals surface area contributed by atoms with E-state index in [2.05, 4.69) is 52.0 Å². The van der Waals surface area contributed by atoms with Crippen LogP contribution in [0.2, 0.25) is 0 Å². The second-order valence-electron chi connectivity index (χ2n) is 6.72. The van der Waals surface area contributed by atoms with Crippen molar-refractivity contribution in [1.82, 2.24) is 0 Å². The molecule has 0 radical (unpaired) electrons. The average molecular weight is 325 g/mol. The first-order valence-corrected chi connectivity index (χ1v) is 9.92. The van der Waals surface area contributed by atoms with Gasteiger partial charge in [0.05, 0.1) is 0 Å². The number of benzene rings is 2. The molecule has 1 aromatic heterocycles. The second-order valence-corrected chi connectivity index (χ2v) is 7.74. The lowest BCUT2D eigenvalue weighted by atomic mass is 9.98. The Morgan fingerprint density at radius 3 is 1.96 bits per heavy atom. The highest BCUT2D eigenvalue weighted by atomic mass is 32.1. The summed E-state index contributed by atoms with van der Waals surface area (Å²) in [5.41, 5.74) is 6.03. The first-order valence-electron chi connectivity index (χ1n) is 9.10. The standard InChI is InChI=1S/C22H28S/c1-5-7-8-9-10-18-12-14-20-19-13-11-17(6-2)15(3)21(19)23-22(20)16(18)4/h11-14H,5-10H2,1-4H3. The monoisotopic (exact) mass is 324 g/mol. The summed E-state index contributed by atoms with van der Waals surface area (Å²) in [6.45, 7) is 9.14. The van der Waals surface area contributed by atoms with Crippen LogP contribution in [0.25, 0.3) is 20.2 Å². The zero-order chi connectivity index (χ0) is 16.4. The molecule has 3 rings (SSSR count). The van der Waals surface area contributed by atoms with Gasteiger partial charge in [-0.05, 0) is 55.4 Å². The maximum absolute atomic E-state index is 2.37. The summed E-state index contributed by atoms with van der Waals surface area (Å²) in [5.74, 6) is 0. The SMILES string of the molecule is CCCCCCc1ccc2c(sc3c(C)c(CC)ccc32)c1C. The molecule has 0 saturated carbocycles. The molecule has 0 saturated heterocycles. The number of hydrogen-bond donors (Lipinski definition) is 0. The van der Waals surface area contributed by atoms with Crippen LogP contribution >= 0.6 is 11.3 Å². The average Bonchev–Trinajstić information content (AvgIpc) is 2.94. The normalized spacial score (nSPS) is 11.7. The number of rotatable bonds is 6. The van der Waals surface area contributed by atoms with Gasteiger partial charge in [-0.2, -0.15) is 0 Å². The second kappa shape index (κ2) is 7.05. The molecule has 0 spiro atoms. The minimum absolute atomic E-state index is 1.12. The smallest absolute Gasteiger partial charge is 0.0387 e. The molecule has 1 heterocycles. The summed E-state index contributed by atoms with van der Waals surface area (Å²) in [6.07, 6.45) is 7.72. The Morgan fingerprint density at radius 2 is 1.35 bits per heavy atom. The van der Waals surface area contributed by atoms with E-state index in [4.69, 9.17) is 0 Å². The Bertz CT molecular complexity index is 823. The number of hydrogen-bond acceptors (Lipinski definition) is 1. The third-order valence-electron chi connectivity index (χ3n) is 5.21. The van der Waals surface area contributed by atoms with Gasteiger partial charge >= 0.3 is 0 Å². The van der Waals surface area contributed by atoms with Crippen molar-refractivity contribution in [2.45, 2.75) is 66.2 Å². The molecule has 0 amide bonds. The zero-order valence-corrected chi connectivity index (χ0v) is 15.8. The van der Waals surface area contributed by atoms with Crippen LogP contribution in [-0.2, 0) is 12.8 Å². The molecule has 0 bridgehead atoms. The summed E-state index contributed by atoms with van der Waals surface area (Å²) >= 11 is 2.00. The van der Waals surface area contributed by atoms with Crippen LogP contribution in [0.5, 0.6) is 0 Å². The van der Waals surface area contributed by atoms with Crippen molar-refractivity contribution in [3.63, 3.8) is 0 Å². The summed E-state index contributed by atoms with van der Waals surface area (Å²) < 4.78 is 3.00.